The normalized spacial score (nSPS) is 14.5. The van der Waals surface area contributed by atoms with Gasteiger partial charge in [0, 0.05) is 51.7 Å². The maximum Gasteiger partial charge on any atom is 0.349 e. The molecule has 0 atom stereocenters. The van der Waals surface area contributed by atoms with Crippen molar-refractivity contribution in [2.24, 2.45) is 0 Å². The standard InChI is InChI=1S/C20H25N3O5/c1-13(2)27-15-6-5-14-11-16(19(25)28-17(14)12-15)18(24)22-7-9-23(10-8-22)20(26)21(3)4/h5-6,11-13H,7-10H2,1-4H3. The van der Waals surface area contributed by atoms with E-state index in [9.17, 15) is 14.4 Å². The molecule has 3 amide bonds. The van der Waals surface area contributed by atoms with Crippen molar-refractivity contribution in [1.82, 2.24) is 14.7 Å². The maximum absolute atomic E-state index is 12.8. The Kier molecular flexibility index (Phi) is 5.58. The Balaban J connectivity index is 1.78. The second-order valence-corrected chi connectivity index (χ2v) is 7.27. The van der Waals surface area contributed by atoms with Crippen molar-refractivity contribution in [3.05, 3.63) is 40.2 Å². The predicted molar refractivity (Wildman–Crippen MR) is 105 cm³/mol. The minimum Gasteiger partial charge on any atom is -0.491 e. The largest absolute Gasteiger partial charge is 0.491 e. The maximum atomic E-state index is 12.8. The summed E-state index contributed by atoms with van der Waals surface area (Å²) in [4.78, 5) is 42.0. The van der Waals surface area contributed by atoms with Crippen LogP contribution in [-0.2, 0) is 0 Å². The molecule has 1 aromatic heterocycles. The number of carbonyl (C=O) groups is 2. The SMILES string of the molecule is CC(C)Oc1ccc2cc(C(=O)N3CCN(C(=O)N(C)C)CC3)c(=O)oc2c1. The molecule has 1 aliphatic rings. The Morgan fingerprint density at radius 1 is 1.07 bits per heavy atom. The highest BCUT2D eigenvalue weighted by Crippen LogP contribution is 2.22. The zero-order valence-electron chi connectivity index (χ0n) is 16.6. The number of carbonyl (C=O) groups excluding carboxylic acids is 2. The van der Waals surface area contributed by atoms with E-state index in [1.165, 1.54) is 4.90 Å². The molecule has 8 heteroatoms. The van der Waals surface area contributed by atoms with E-state index in [4.69, 9.17) is 9.15 Å². The zero-order valence-corrected chi connectivity index (χ0v) is 16.6. The van der Waals surface area contributed by atoms with Crippen molar-refractivity contribution in [3.63, 3.8) is 0 Å². The first kappa shape index (κ1) is 19.7. The van der Waals surface area contributed by atoms with Crippen LogP contribution in [0.3, 0.4) is 0 Å². The fourth-order valence-corrected chi connectivity index (χ4v) is 3.14. The summed E-state index contributed by atoms with van der Waals surface area (Å²) >= 11 is 0. The molecule has 1 fully saturated rings. The third-order valence-electron chi connectivity index (χ3n) is 4.53. The van der Waals surface area contributed by atoms with Crippen LogP contribution < -0.4 is 10.4 Å². The molecule has 0 spiro atoms. The number of hydrogen-bond acceptors (Lipinski definition) is 5. The summed E-state index contributed by atoms with van der Waals surface area (Å²) in [5.41, 5.74) is -0.301. The molecule has 0 saturated carbocycles. The first-order valence-electron chi connectivity index (χ1n) is 9.26. The van der Waals surface area contributed by atoms with E-state index in [1.54, 1.807) is 48.2 Å². The van der Waals surface area contributed by atoms with E-state index >= 15 is 0 Å². The third kappa shape index (κ3) is 4.11. The second kappa shape index (κ2) is 7.92. The molecular weight excluding hydrogens is 362 g/mol. The number of nitrogens with zero attached hydrogens (tertiary/aromatic N) is 3. The summed E-state index contributed by atoms with van der Waals surface area (Å²) in [5, 5.41) is 0.653. The van der Waals surface area contributed by atoms with Crippen LogP contribution in [-0.4, -0.2) is 73.0 Å². The van der Waals surface area contributed by atoms with Gasteiger partial charge in [0.2, 0.25) is 0 Å². The van der Waals surface area contributed by atoms with Gasteiger partial charge in [0.15, 0.2) is 0 Å². The van der Waals surface area contributed by atoms with Crippen molar-refractivity contribution in [2.75, 3.05) is 40.3 Å². The Morgan fingerprint density at radius 2 is 1.71 bits per heavy atom. The lowest BCUT2D eigenvalue weighted by molar-refractivity contribution is 0.0646. The summed E-state index contributed by atoms with van der Waals surface area (Å²) in [6, 6.07) is 6.66. The first-order valence-corrected chi connectivity index (χ1v) is 9.26. The minimum atomic E-state index is -0.675. The van der Waals surface area contributed by atoms with Gasteiger partial charge < -0.3 is 23.9 Å². The van der Waals surface area contributed by atoms with E-state index in [0.717, 1.165) is 0 Å². The highest BCUT2D eigenvalue weighted by Gasteiger charge is 2.27. The molecule has 0 bridgehead atoms. The average molecular weight is 387 g/mol. The fraction of sp³-hybridized carbons (Fsp3) is 0.450. The van der Waals surface area contributed by atoms with E-state index in [-0.39, 0.29) is 23.6 Å². The Hall–Kier alpha value is -3.03. The lowest BCUT2D eigenvalue weighted by Gasteiger charge is -2.35. The zero-order chi connectivity index (χ0) is 20.4. The van der Waals surface area contributed by atoms with Crippen molar-refractivity contribution in [1.29, 1.82) is 0 Å². The number of fused-ring (bicyclic) bond motifs is 1. The van der Waals surface area contributed by atoms with E-state index in [0.29, 0.717) is 42.9 Å². The van der Waals surface area contributed by atoms with Crippen LogP contribution >= 0.6 is 0 Å². The van der Waals surface area contributed by atoms with Crippen LogP contribution in [0.1, 0.15) is 24.2 Å². The summed E-state index contributed by atoms with van der Waals surface area (Å²) in [7, 11) is 3.38. The van der Waals surface area contributed by atoms with Gasteiger partial charge in [-0.05, 0) is 32.0 Å². The highest BCUT2D eigenvalue weighted by molar-refractivity contribution is 5.97. The molecule has 2 heterocycles. The summed E-state index contributed by atoms with van der Waals surface area (Å²) < 4.78 is 11.0. The Morgan fingerprint density at radius 3 is 2.32 bits per heavy atom. The lowest BCUT2D eigenvalue weighted by Crippen LogP contribution is -2.53. The van der Waals surface area contributed by atoms with E-state index < -0.39 is 5.63 Å². The smallest absolute Gasteiger partial charge is 0.349 e. The van der Waals surface area contributed by atoms with Crippen LogP contribution in [0.5, 0.6) is 5.75 Å². The van der Waals surface area contributed by atoms with Gasteiger partial charge in [0.05, 0.1) is 6.10 Å². The molecule has 0 unspecified atom stereocenters. The monoisotopic (exact) mass is 387 g/mol. The minimum absolute atomic E-state index is 0.00239. The number of amides is 3. The number of ether oxygens (including phenoxy) is 1. The van der Waals surface area contributed by atoms with Gasteiger partial charge in [0.1, 0.15) is 16.9 Å². The Bertz CT molecular complexity index is 942. The van der Waals surface area contributed by atoms with Crippen molar-refractivity contribution in [3.8, 4) is 5.75 Å². The van der Waals surface area contributed by atoms with Crippen LogP contribution in [0.25, 0.3) is 11.0 Å². The molecule has 0 radical (unpaired) electrons. The molecular formula is C20H25N3O5. The van der Waals surface area contributed by atoms with Crippen LogP contribution in [0, 0.1) is 0 Å². The number of rotatable bonds is 3. The molecule has 2 aromatic rings. The van der Waals surface area contributed by atoms with Crippen LogP contribution in [0.2, 0.25) is 0 Å². The quantitative estimate of drug-likeness (QED) is 0.753. The molecule has 28 heavy (non-hydrogen) atoms. The molecule has 8 nitrogen and oxygen atoms in total. The average Bonchev–Trinajstić information content (AvgIpc) is 2.66. The number of hydrogen-bond donors (Lipinski definition) is 0. The predicted octanol–water partition coefficient (Wildman–Crippen LogP) is 2.02. The van der Waals surface area contributed by atoms with Crippen LogP contribution in [0.4, 0.5) is 4.79 Å². The van der Waals surface area contributed by atoms with Gasteiger partial charge in [-0.25, -0.2) is 9.59 Å². The summed E-state index contributed by atoms with van der Waals surface area (Å²) in [6.45, 7) is 5.42. The Labute approximate surface area is 163 Å². The van der Waals surface area contributed by atoms with Gasteiger partial charge in [-0.2, -0.15) is 0 Å². The van der Waals surface area contributed by atoms with Gasteiger partial charge in [0.25, 0.3) is 5.91 Å². The van der Waals surface area contributed by atoms with E-state index in [1.807, 2.05) is 13.8 Å². The number of benzene rings is 1. The fourth-order valence-electron chi connectivity index (χ4n) is 3.14. The van der Waals surface area contributed by atoms with Crippen molar-refractivity contribution in [2.45, 2.75) is 20.0 Å². The molecule has 1 aromatic carbocycles. The van der Waals surface area contributed by atoms with Gasteiger partial charge in [-0.3, -0.25) is 4.79 Å². The topological polar surface area (TPSA) is 83.3 Å². The summed E-state index contributed by atoms with van der Waals surface area (Å²) in [5.74, 6) is 0.224. The van der Waals surface area contributed by atoms with Gasteiger partial charge in [-0.15, -0.1) is 0 Å². The van der Waals surface area contributed by atoms with E-state index in [2.05, 4.69) is 0 Å². The van der Waals surface area contributed by atoms with Crippen LogP contribution in [0.15, 0.2) is 33.5 Å². The summed E-state index contributed by atoms with van der Waals surface area (Å²) in [6.07, 6.45) is 0.00284. The molecule has 3 rings (SSSR count). The van der Waals surface area contributed by atoms with Gasteiger partial charge >= 0.3 is 11.7 Å². The second-order valence-electron chi connectivity index (χ2n) is 7.27. The highest BCUT2D eigenvalue weighted by atomic mass is 16.5. The molecule has 150 valence electrons. The number of urea groups is 1. The first-order chi connectivity index (χ1) is 13.3. The lowest BCUT2D eigenvalue weighted by atomic mass is 10.1. The molecule has 0 aliphatic carbocycles. The molecule has 1 aliphatic heterocycles. The van der Waals surface area contributed by atoms with Crippen molar-refractivity contribution < 1.29 is 18.7 Å². The number of piperazine rings is 1. The molecule has 0 N–H and O–H groups in total. The molecule has 1 saturated heterocycles. The third-order valence-corrected chi connectivity index (χ3v) is 4.53. The van der Waals surface area contributed by atoms with Gasteiger partial charge in [-0.1, -0.05) is 0 Å². The van der Waals surface area contributed by atoms with Crippen molar-refractivity contribution >= 4 is 22.9 Å².